The van der Waals surface area contributed by atoms with E-state index in [1.54, 1.807) is 12.1 Å². The van der Waals surface area contributed by atoms with Crippen LogP contribution in [-0.4, -0.2) is 17.3 Å². The van der Waals surface area contributed by atoms with Crippen molar-refractivity contribution in [2.75, 3.05) is 6.26 Å². The predicted octanol–water partition coefficient (Wildman–Crippen LogP) is 5.22. The molecular weight excluding hydrogens is 362 g/mol. The fourth-order valence-corrected chi connectivity index (χ4v) is 4.63. The molecule has 0 saturated heterocycles. The van der Waals surface area contributed by atoms with Crippen molar-refractivity contribution in [1.29, 1.82) is 0 Å². The number of amides is 1. The van der Waals surface area contributed by atoms with Crippen LogP contribution in [0.3, 0.4) is 0 Å². The molecule has 6 heteroatoms. The lowest BCUT2D eigenvalue weighted by atomic mass is 10.2. The van der Waals surface area contributed by atoms with E-state index in [2.05, 4.69) is 5.32 Å². The lowest BCUT2D eigenvalue weighted by molar-refractivity contribution is 0.0955. The third kappa shape index (κ3) is 3.38. The van der Waals surface area contributed by atoms with E-state index in [9.17, 15) is 9.90 Å². The van der Waals surface area contributed by atoms with Crippen LogP contribution in [-0.2, 0) is 6.54 Å². The Morgan fingerprint density at radius 2 is 2.08 bits per heavy atom. The molecule has 0 unspecified atom stereocenters. The summed E-state index contributed by atoms with van der Waals surface area (Å²) in [7, 11) is 0. The van der Waals surface area contributed by atoms with Gasteiger partial charge < -0.3 is 10.4 Å². The summed E-state index contributed by atoms with van der Waals surface area (Å²) in [6.07, 6.45) is 1.94. The van der Waals surface area contributed by atoms with E-state index in [1.165, 1.54) is 23.1 Å². The van der Waals surface area contributed by atoms with Crippen molar-refractivity contribution >= 4 is 50.7 Å². The molecule has 3 aromatic rings. The first-order chi connectivity index (χ1) is 11.5. The number of fused-ring (bicyclic) bond motifs is 1. The first kappa shape index (κ1) is 17.1. The number of halogens is 1. The highest BCUT2D eigenvalue weighted by atomic mass is 35.5. The number of carbonyl (C=O) groups is 1. The Labute approximate surface area is 153 Å². The van der Waals surface area contributed by atoms with Crippen LogP contribution in [0.2, 0.25) is 5.02 Å². The molecule has 0 aliphatic rings. The Balaban J connectivity index is 1.82. The second-order valence-electron chi connectivity index (χ2n) is 5.42. The average molecular weight is 378 g/mol. The molecule has 124 valence electrons. The molecule has 3 nitrogen and oxygen atoms in total. The van der Waals surface area contributed by atoms with Gasteiger partial charge >= 0.3 is 0 Å². The minimum absolute atomic E-state index is 0.181. The third-order valence-corrected chi connectivity index (χ3v) is 6.18. The number of phenols is 1. The van der Waals surface area contributed by atoms with Crippen LogP contribution in [0.4, 0.5) is 0 Å². The van der Waals surface area contributed by atoms with Crippen molar-refractivity contribution in [3.8, 4) is 5.75 Å². The monoisotopic (exact) mass is 377 g/mol. The van der Waals surface area contributed by atoms with Crippen LogP contribution in [0.5, 0.6) is 5.75 Å². The Morgan fingerprint density at radius 3 is 2.83 bits per heavy atom. The number of hydrogen-bond donors (Lipinski definition) is 2. The SMILES string of the molecule is CSc1cc(O)ccc1CNC(=O)c1sc2cc(C)ccc2c1Cl. The van der Waals surface area contributed by atoms with Crippen LogP contribution in [0.15, 0.2) is 41.3 Å². The standard InChI is InChI=1S/C18H16ClNO2S2/c1-10-3-6-13-15(7-10)24-17(16(13)19)18(22)20-9-11-4-5-12(21)8-14(11)23-2/h3-8,21H,9H2,1-2H3,(H,20,22). The molecule has 0 aliphatic heterocycles. The number of nitrogens with one attached hydrogen (secondary N) is 1. The lowest BCUT2D eigenvalue weighted by Crippen LogP contribution is -2.22. The van der Waals surface area contributed by atoms with Gasteiger partial charge in [0.2, 0.25) is 0 Å². The van der Waals surface area contributed by atoms with E-state index in [1.807, 2.05) is 37.4 Å². The number of thioether (sulfide) groups is 1. The van der Waals surface area contributed by atoms with Crippen molar-refractivity contribution < 1.29 is 9.90 Å². The van der Waals surface area contributed by atoms with Crippen molar-refractivity contribution in [3.63, 3.8) is 0 Å². The van der Waals surface area contributed by atoms with Crippen molar-refractivity contribution in [2.24, 2.45) is 0 Å². The number of carbonyl (C=O) groups excluding carboxylic acids is 1. The second-order valence-corrected chi connectivity index (χ2v) is 7.70. The number of hydrogen-bond acceptors (Lipinski definition) is 4. The van der Waals surface area contributed by atoms with E-state index in [-0.39, 0.29) is 11.7 Å². The number of aromatic hydroxyl groups is 1. The number of aryl methyl sites for hydroxylation is 1. The summed E-state index contributed by atoms with van der Waals surface area (Å²) >= 11 is 9.31. The summed E-state index contributed by atoms with van der Waals surface area (Å²) in [5.74, 6) is 0.0383. The number of benzene rings is 2. The maximum absolute atomic E-state index is 12.5. The third-order valence-electron chi connectivity index (χ3n) is 3.70. The second kappa shape index (κ2) is 7.05. The molecule has 0 radical (unpaired) electrons. The largest absolute Gasteiger partial charge is 0.508 e. The van der Waals surface area contributed by atoms with Crippen molar-refractivity contribution in [1.82, 2.24) is 5.32 Å². The van der Waals surface area contributed by atoms with Crippen LogP contribution >= 0.6 is 34.7 Å². The van der Waals surface area contributed by atoms with Gasteiger partial charge in [0.25, 0.3) is 5.91 Å². The molecule has 24 heavy (non-hydrogen) atoms. The quantitative estimate of drug-likeness (QED) is 0.613. The lowest BCUT2D eigenvalue weighted by Gasteiger charge is -2.09. The van der Waals surface area contributed by atoms with E-state index < -0.39 is 0 Å². The zero-order chi connectivity index (χ0) is 17.3. The molecule has 0 aliphatic carbocycles. The van der Waals surface area contributed by atoms with Gasteiger partial charge in [-0.25, -0.2) is 0 Å². The van der Waals surface area contributed by atoms with Crippen LogP contribution in [0, 0.1) is 6.92 Å². The van der Waals surface area contributed by atoms with Gasteiger partial charge in [-0.3, -0.25) is 4.79 Å². The topological polar surface area (TPSA) is 49.3 Å². The highest BCUT2D eigenvalue weighted by Crippen LogP contribution is 2.36. The fraction of sp³-hybridized carbons (Fsp3) is 0.167. The summed E-state index contributed by atoms with van der Waals surface area (Å²) in [5.41, 5.74) is 2.10. The first-order valence-electron chi connectivity index (χ1n) is 7.32. The average Bonchev–Trinajstić information content (AvgIpc) is 2.89. The van der Waals surface area contributed by atoms with Gasteiger partial charge in [0.05, 0.1) is 5.02 Å². The van der Waals surface area contributed by atoms with Gasteiger partial charge in [0.1, 0.15) is 10.6 Å². The summed E-state index contributed by atoms with van der Waals surface area (Å²) in [6.45, 7) is 2.40. The zero-order valence-corrected chi connectivity index (χ0v) is 15.6. The van der Waals surface area contributed by atoms with Crippen molar-refractivity contribution in [2.45, 2.75) is 18.4 Å². The summed E-state index contributed by atoms with van der Waals surface area (Å²) in [5, 5.41) is 13.9. The molecule has 0 atom stereocenters. The molecule has 0 saturated carbocycles. The number of phenolic OH excluding ortho intramolecular Hbond substituents is 1. The van der Waals surface area contributed by atoms with Gasteiger partial charge in [-0.2, -0.15) is 0 Å². The minimum atomic E-state index is -0.181. The molecule has 1 heterocycles. The van der Waals surface area contributed by atoms with E-state index in [0.29, 0.717) is 16.4 Å². The van der Waals surface area contributed by atoms with Gasteiger partial charge in [-0.1, -0.05) is 29.8 Å². The summed E-state index contributed by atoms with van der Waals surface area (Å²) < 4.78 is 1.01. The fourth-order valence-electron chi connectivity index (χ4n) is 2.45. The smallest absolute Gasteiger partial charge is 0.263 e. The molecule has 1 aromatic heterocycles. The normalized spacial score (nSPS) is 11.0. The molecule has 2 N–H and O–H groups in total. The van der Waals surface area contributed by atoms with E-state index in [0.717, 1.165) is 26.1 Å². The minimum Gasteiger partial charge on any atom is -0.508 e. The van der Waals surface area contributed by atoms with Gasteiger partial charge in [-0.15, -0.1) is 23.1 Å². The van der Waals surface area contributed by atoms with Crippen LogP contribution in [0.1, 0.15) is 20.8 Å². The van der Waals surface area contributed by atoms with Gasteiger partial charge in [-0.05, 0) is 42.5 Å². The molecule has 0 fully saturated rings. The Hall–Kier alpha value is -1.69. The molecule has 0 spiro atoms. The van der Waals surface area contributed by atoms with Gasteiger partial charge in [0.15, 0.2) is 0 Å². The maximum atomic E-state index is 12.5. The molecular formula is C18H16ClNO2S2. The Bertz CT molecular complexity index is 921. The molecule has 0 bridgehead atoms. The highest BCUT2D eigenvalue weighted by molar-refractivity contribution is 7.98. The van der Waals surface area contributed by atoms with E-state index in [4.69, 9.17) is 11.6 Å². The molecule has 3 rings (SSSR count). The predicted molar refractivity (Wildman–Crippen MR) is 103 cm³/mol. The first-order valence-corrected chi connectivity index (χ1v) is 9.74. The maximum Gasteiger partial charge on any atom is 0.263 e. The molecule has 1 amide bonds. The summed E-state index contributed by atoms with van der Waals surface area (Å²) in [6, 6.07) is 11.1. The van der Waals surface area contributed by atoms with Gasteiger partial charge in [0, 0.05) is 21.5 Å². The highest BCUT2D eigenvalue weighted by Gasteiger charge is 2.17. The number of rotatable bonds is 4. The number of thiophene rings is 1. The molecule has 2 aromatic carbocycles. The van der Waals surface area contributed by atoms with E-state index >= 15 is 0 Å². The summed E-state index contributed by atoms with van der Waals surface area (Å²) in [4.78, 5) is 14.0. The zero-order valence-electron chi connectivity index (χ0n) is 13.2. The van der Waals surface area contributed by atoms with Crippen LogP contribution < -0.4 is 5.32 Å². The van der Waals surface area contributed by atoms with Crippen molar-refractivity contribution in [3.05, 3.63) is 57.4 Å². The van der Waals surface area contributed by atoms with Crippen LogP contribution in [0.25, 0.3) is 10.1 Å². The Kier molecular flexibility index (Phi) is 5.04. The Morgan fingerprint density at radius 1 is 1.29 bits per heavy atom.